The number of hydrazine groups is 1. The van der Waals surface area contributed by atoms with Crippen molar-refractivity contribution in [1.29, 1.82) is 0 Å². The van der Waals surface area contributed by atoms with Crippen molar-refractivity contribution in [3.63, 3.8) is 0 Å². The Bertz CT molecular complexity index is 499. The van der Waals surface area contributed by atoms with Crippen LogP contribution < -0.4 is 16.2 Å². The van der Waals surface area contributed by atoms with Crippen LogP contribution in [-0.2, 0) is 4.79 Å². The van der Waals surface area contributed by atoms with Crippen molar-refractivity contribution in [2.45, 2.75) is 6.92 Å². The van der Waals surface area contributed by atoms with Crippen LogP contribution in [0.5, 0.6) is 0 Å². The van der Waals surface area contributed by atoms with Gasteiger partial charge in [0.15, 0.2) is 5.82 Å². The molecular weight excluding hydrogens is 222 g/mol. The number of aromatic nitrogens is 2. The summed E-state index contributed by atoms with van der Waals surface area (Å²) in [6, 6.07) is 0. The van der Waals surface area contributed by atoms with E-state index >= 15 is 0 Å². The largest absolute Gasteiger partial charge is 0.481 e. The zero-order valence-electron chi connectivity index (χ0n) is 9.51. The Kier molecular flexibility index (Phi) is 2.58. The third-order valence-electron chi connectivity index (χ3n) is 2.58. The minimum Gasteiger partial charge on any atom is -0.481 e. The highest BCUT2D eigenvalue weighted by Gasteiger charge is 2.23. The van der Waals surface area contributed by atoms with Gasteiger partial charge in [0, 0.05) is 24.5 Å². The molecule has 0 aromatic carbocycles. The second-order valence-corrected chi connectivity index (χ2v) is 3.84. The van der Waals surface area contributed by atoms with Crippen molar-refractivity contribution >= 4 is 23.8 Å². The molecule has 0 bridgehead atoms. The Morgan fingerprint density at radius 3 is 3.00 bits per heavy atom. The molecule has 0 saturated heterocycles. The number of hydrogen-bond donors (Lipinski definition) is 3. The molecule has 1 aromatic rings. The van der Waals surface area contributed by atoms with Gasteiger partial charge in [0.1, 0.15) is 0 Å². The van der Waals surface area contributed by atoms with E-state index in [0.29, 0.717) is 11.5 Å². The highest BCUT2D eigenvalue weighted by atomic mass is 16.4. The van der Waals surface area contributed by atoms with Crippen molar-refractivity contribution < 1.29 is 9.90 Å². The summed E-state index contributed by atoms with van der Waals surface area (Å²) in [4.78, 5) is 18.9. The molecule has 0 radical (unpaired) electrons. The van der Waals surface area contributed by atoms with Crippen LogP contribution >= 0.6 is 0 Å². The molecule has 1 aliphatic rings. The molecule has 7 nitrogen and oxygen atoms in total. The Morgan fingerprint density at radius 2 is 2.35 bits per heavy atom. The number of carboxylic acids is 1. The maximum Gasteiger partial charge on any atom is 0.312 e. The second-order valence-electron chi connectivity index (χ2n) is 3.84. The summed E-state index contributed by atoms with van der Waals surface area (Å²) in [5.41, 5.74) is 9.77. The quantitative estimate of drug-likeness (QED) is 0.666. The molecule has 1 unspecified atom stereocenters. The number of anilines is 2. The van der Waals surface area contributed by atoms with E-state index in [1.807, 2.05) is 0 Å². The van der Waals surface area contributed by atoms with Gasteiger partial charge in [0.2, 0.25) is 5.95 Å². The molecule has 2 heterocycles. The predicted molar refractivity (Wildman–Crippen MR) is 62.8 cm³/mol. The van der Waals surface area contributed by atoms with Crippen molar-refractivity contribution in [1.82, 2.24) is 15.4 Å². The first-order valence-electron chi connectivity index (χ1n) is 5.06. The number of carboxylic acid groups (broad SMARTS) is 1. The molecule has 2 rings (SSSR count). The molecule has 1 aromatic heterocycles. The number of carbonyl (C=O) groups is 1. The Hall–Kier alpha value is -2.31. The van der Waals surface area contributed by atoms with Crippen molar-refractivity contribution in [3.8, 4) is 0 Å². The highest BCUT2D eigenvalue weighted by molar-refractivity contribution is 5.78. The molecule has 1 aliphatic heterocycles. The van der Waals surface area contributed by atoms with Crippen molar-refractivity contribution in [3.05, 3.63) is 17.5 Å². The Balaban J connectivity index is 2.43. The van der Waals surface area contributed by atoms with Crippen molar-refractivity contribution in [2.24, 2.45) is 5.92 Å². The molecule has 0 aliphatic carbocycles. The number of nitrogens with zero attached hydrogens (tertiary/aromatic N) is 3. The first-order chi connectivity index (χ1) is 7.99. The zero-order valence-corrected chi connectivity index (χ0v) is 9.51. The fourth-order valence-electron chi connectivity index (χ4n) is 1.57. The molecule has 0 amide bonds. The second kappa shape index (κ2) is 3.93. The standard InChI is InChI=1S/C10H13N5O2/c1-5(9(16)17)7-3-6-4-12-10(11)13-8(6)15(2)14-7/h3-5,14H,1-2H3,(H,16,17)(H2,11,12,13). The first kappa shape index (κ1) is 11.2. The van der Waals surface area contributed by atoms with Gasteiger partial charge in [-0.1, -0.05) is 0 Å². The maximum atomic E-state index is 10.9. The number of nitrogen functional groups attached to an aromatic ring is 1. The molecule has 0 spiro atoms. The zero-order chi connectivity index (χ0) is 12.6. The molecule has 17 heavy (non-hydrogen) atoms. The van der Waals surface area contributed by atoms with E-state index in [9.17, 15) is 4.79 Å². The summed E-state index contributed by atoms with van der Waals surface area (Å²) >= 11 is 0. The first-order valence-corrected chi connectivity index (χ1v) is 5.06. The smallest absolute Gasteiger partial charge is 0.312 e. The lowest BCUT2D eigenvalue weighted by Crippen LogP contribution is -2.40. The van der Waals surface area contributed by atoms with Gasteiger partial charge in [-0.3, -0.25) is 9.80 Å². The Morgan fingerprint density at radius 1 is 1.65 bits per heavy atom. The minimum absolute atomic E-state index is 0.181. The summed E-state index contributed by atoms with van der Waals surface area (Å²) in [6.45, 7) is 1.61. The predicted octanol–water partition coefficient (Wildman–Crippen LogP) is 0.0748. The maximum absolute atomic E-state index is 10.9. The van der Waals surface area contributed by atoms with E-state index in [1.54, 1.807) is 31.3 Å². The van der Waals surface area contributed by atoms with E-state index in [0.717, 1.165) is 5.56 Å². The fraction of sp³-hybridized carbons (Fsp3) is 0.300. The van der Waals surface area contributed by atoms with E-state index in [-0.39, 0.29) is 5.95 Å². The molecule has 0 fully saturated rings. The number of rotatable bonds is 2. The van der Waals surface area contributed by atoms with Crippen LogP contribution in [0, 0.1) is 5.92 Å². The molecule has 90 valence electrons. The van der Waals surface area contributed by atoms with Gasteiger partial charge in [-0.25, -0.2) is 4.98 Å². The third-order valence-corrected chi connectivity index (χ3v) is 2.58. The normalized spacial score (nSPS) is 15.6. The minimum atomic E-state index is -0.892. The summed E-state index contributed by atoms with van der Waals surface area (Å²) in [5.74, 6) is -0.709. The molecule has 0 saturated carbocycles. The van der Waals surface area contributed by atoms with Crippen LogP contribution in [0.1, 0.15) is 12.5 Å². The van der Waals surface area contributed by atoms with E-state index in [4.69, 9.17) is 10.8 Å². The van der Waals surface area contributed by atoms with Crippen LogP contribution in [0.3, 0.4) is 0 Å². The summed E-state index contributed by atoms with van der Waals surface area (Å²) in [5, 5.41) is 10.6. The van der Waals surface area contributed by atoms with E-state index < -0.39 is 11.9 Å². The Labute approximate surface area is 97.9 Å². The summed E-state index contributed by atoms with van der Waals surface area (Å²) < 4.78 is 0. The SMILES string of the molecule is CC(C(=O)O)C1=Cc2cnc(N)nc2N(C)N1. The topological polar surface area (TPSA) is 104 Å². The third kappa shape index (κ3) is 1.99. The van der Waals surface area contributed by atoms with Crippen LogP contribution in [0.2, 0.25) is 0 Å². The summed E-state index contributed by atoms with van der Waals surface area (Å²) in [7, 11) is 1.74. The number of nitrogens with two attached hydrogens (primary N) is 1. The molecule has 4 N–H and O–H groups in total. The molecule has 1 atom stereocenters. The van der Waals surface area contributed by atoms with Gasteiger partial charge in [-0.2, -0.15) is 4.98 Å². The van der Waals surface area contributed by atoms with Gasteiger partial charge in [-0.15, -0.1) is 0 Å². The van der Waals surface area contributed by atoms with Crippen LogP contribution in [0.15, 0.2) is 11.9 Å². The van der Waals surface area contributed by atoms with Gasteiger partial charge < -0.3 is 16.3 Å². The van der Waals surface area contributed by atoms with Crippen LogP contribution in [0.4, 0.5) is 11.8 Å². The van der Waals surface area contributed by atoms with Gasteiger partial charge in [0.25, 0.3) is 0 Å². The number of fused-ring (bicyclic) bond motifs is 1. The number of hydrogen-bond acceptors (Lipinski definition) is 6. The average Bonchev–Trinajstić information content (AvgIpc) is 2.28. The number of nitrogens with one attached hydrogen (secondary N) is 1. The van der Waals surface area contributed by atoms with Crippen molar-refractivity contribution in [2.75, 3.05) is 17.8 Å². The van der Waals surface area contributed by atoms with Crippen LogP contribution in [0.25, 0.3) is 6.08 Å². The van der Waals surface area contributed by atoms with Crippen LogP contribution in [-0.4, -0.2) is 28.1 Å². The number of aliphatic carboxylic acids is 1. The highest BCUT2D eigenvalue weighted by Crippen LogP contribution is 2.25. The molecular formula is C10H13N5O2. The lowest BCUT2D eigenvalue weighted by molar-refractivity contribution is -0.139. The lowest BCUT2D eigenvalue weighted by Gasteiger charge is -2.29. The fourth-order valence-corrected chi connectivity index (χ4v) is 1.57. The molecule has 7 heteroatoms. The van der Waals surface area contributed by atoms with E-state index in [1.165, 1.54) is 0 Å². The van der Waals surface area contributed by atoms with E-state index in [2.05, 4.69) is 15.4 Å². The van der Waals surface area contributed by atoms with Gasteiger partial charge in [0.05, 0.1) is 5.92 Å². The van der Waals surface area contributed by atoms with Gasteiger partial charge >= 0.3 is 5.97 Å². The summed E-state index contributed by atoms with van der Waals surface area (Å²) in [6.07, 6.45) is 3.29. The lowest BCUT2D eigenvalue weighted by atomic mass is 10.1. The monoisotopic (exact) mass is 235 g/mol. The average molecular weight is 235 g/mol. The van der Waals surface area contributed by atoms with Gasteiger partial charge in [-0.05, 0) is 13.0 Å².